The minimum Gasteiger partial charge on any atom is -0.368 e. The molecule has 3 amide bonds. The van der Waals surface area contributed by atoms with Gasteiger partial charge in [-0.3, -0.25) is 4.79 Å². The molecular weight excluding hydrogens is 522 g/mol. The number of hydrogen-bond donors (Lipinski definition) is 1. The summed E-state index contributed by atoms with van der Waals surface area (Å²) < 4.78 is 53.1. The second kappa shape index (κ2) is 11.4. The minimum absolute atomic E-state index is 0.0717. The van der Waals surface area contributed by atoms with E-state index in [0.29, 0.717) is 36.9 Å². The van der Waals surface area contributed by atoms with Crippen molar-refractivity contribution in [2.75, 3.05) is 36.4 Å². The molecule has 1 fully saturated rings. The third kappa shape index (κ3) is 6.42. The Hall–Kier alpha value is -3.67. The van der Waals surface area contributed by atoms with Crippen molar-refractivity contribution in [1.82, 2.24) is 14.8 Å². The molecule has 7 nitrogen and oxygen atoms in total. The van der Waals surface area contributed by atoms with Gasteiger partial charge in [0.25, 0.3) is 5.91 Å². The SMILES string of the molecule is CC(C)N(Cc1nc(C(=O)N2CCN(c3cccc(C(F)(F)F)c3)CC2)cs1)C(=O)Nc1ccccc1F. The second-order valence-electron chi connectivity index (χ2n) is 9.09. The summed E-state index contributed by atoms with van der Waals surface area (Å²) in [5.41, 5.74) is 0.0741. The van der Waals surface area contributed by atoms with Gasteiger partial charge in [0.2, 0.25) is 0 Å². The van der Waals surface area contributed by atoms with Crippen LogP contribution in [0.2, 0.25) is 0 Å². The molecule has 0 spiro atoms. The number of thiazole rings is 1. The number of urea groups is 1. The summed E-state index contributed by atoms with van der Waals surface area (Å²) in [7, 11) is 0. The first-order valence-corrected chi connectivity index (χ1v) is 12.9. The second-order valence-corrected chi connectivity index (χ2v) is 10.0. The van der Waals surface area contributed by atoms with Crippen molar-refractivity contribution in [3.63, 3.8) is 0 Å². The van der Waals surface area contributed by atoms with Gasteiger partial charge in [-0.25, -0.2) is 14.2 Å². The molecule has 1 aromatic heterocycles. The van der Waals surface area contributed by atoms with Gasteiger partial charge < -0.3 is 20.0 Å². The molecule has 0 aliphatic carbocycles. The topological polar surface area (TPSA) is 68.8 Å². The molecule has 1 aliphatic rings. The van der Waals surface area contributed by atoms with E-state index in [2.05, 4.69) is 10.3 Å². The van der Waals surface area contributed by atoms with Gasteiger partial charge >= 0.3 is 12.2 Å². The van der Waals surface area contributed by atoms with Gasteiger partial charge in [0.05, 0.1) is 17.8 Å². The van der Waals surface area contributed by atoms with Crippen LogP contribution in [0.15, 0.2) is 53.9 Å². The lowest BCUT2D eigenvalue weighted by Gasteiger charge is -2.36. The molecule has 4 rings (SSSR count). The Morgan fingerprint density at radius 1 is 1.08 bits per heavy atom. The zero-order chi connectivity index (χ0) is 27.4. The number of alkyl halides is 3. The highest BCUT2D eigenvalue weighted by Gasteiger charge is 2.31. The van der Waals surface area contributed by atoms with Crippen LogP contribution >= 0.6 is 11.3 Å². The molecule has 0 radical (unpaired) electrons. The van der Waals surface area contributed by atoms with Crippen LogP contribution in [0.1, 0.15) is 34.9 Å². The normalized spacial score (nSPS) is 14.1. The van der Waals surface area contributed by atoms with E-state index in [9.17, 15) is 27.2 Å². The third-order valence-electron chi connectivity index (χ3n) is 6.18. The van der Waals surface area contributed by atoms with E-state index < -0.39 is 23.6 Å². The maximum absolute atomic E-state index is 14.0. The van der Waals surface area contributed by atoms with Crippen molar-refractivity contribution in [3.05, 3.63) is 76.0 Å². The molecule has 0 bridgehead atoms. The molecule has 0 unspecified atom stereocenters. The van der Waals surface area contributed by atoms with Crippen LogP contribution in [0.4, 0.5) is 33.7 Å². The molecule has 0 atom stereocenters. The Bertz CT molecular complexity index is 1290. The number of aromatic nitrogens is 1. The Morgan fingerprint density at radius 3 is 2.45 bits per heavy atom. The Kier molecular flexibility index (Phi) is 8.20. The number of rotatable bonds is 6. The van der Waals surface area contributed by atoms with Crippen LogP contribution < -0.4 is 10.2 Å². The largest absolute Gasteiger partial charge is 0.416 e. The predicted molar refractivity (Wildman–Crippen MR) is 138 cm³/mol. The smallest absolute Gasteiger partial charge is 0.368 e. The highest BCUT2D eigenvalue weighted by atomic mass is 32.1. The number of carbonyl (C=O) groups excluding carboxylic acids is 2. The number of amides is 3. The van der Waals surface area contributed by atoms with Crippen LogP contribution in [0.25, 0.3) is 0 Å². The van der Waals surface area contributed by atoms with Gasteiger partial charge in [-0.15, -0.1) is 11.3 Å². The van der Waals surface area contributed by atoms with Crippen molar-refractivity contribution in [2.45, 2.75) is 32.6 Å². The van der Waals surface area contributed by atoms with Crippen LogP contribution in [-0.4, -0.2) is 58.9 Å². The van der Waals surface area contributed by atoms with Crippen molar-refractivity contribution in [1.29, 1.82) is 0 Å². The molecule has 1 N–H and O–H groups in total. The van der Waals surface area contributed by atoms with Gasteiger partial charge in [0, 0.05) is 43.3 Å². The molecule has 38 heavy (non-hydrogen) atoms. The third-order valence-corrected chi connectivity index (χ3v) is 7.02. The minimum atomic E-state index is -4.42. The number of nitrogens with zero attached hydrogens (tertiary/aromatic N) is 4. The fraction of sp³-hybridized carbons (Fsp3) is 0.346. The zero-order valence-corrected chi connectivity index (χ0v) is 21.7. The fourth-order valence-corrected chi connectivity index (χ4v) is 4.84. The number of hydrogen-bond acceptors (Lipinski definition) is 5. The molecular formula is C26H27F4N5O2S. The Balaban J connectivity index is 1.36. The number of carbonyl (C=O) groups is 2. The molecule has 2 heterocycles. The van der Waals surface area contributed by atoms with E-state index in [1.54, 1.807) is 22.4 Å². The Morgan fingerprint density at radius 2 is 1.79 bits per heavy atom. The summed E-state index contributed by atoms with van der Waals surface area (Å²) in [6.07, 6.45) is -4.42. The molecule has 0 saturated carbocycles. The van der Waals surface area contributed by atoms with E-state index >= 15 is 0 Å². The van der Waals surface area contributed by atoms with E-state index in [0.717, 1.165) is 12.1 Å². The zero-order valence-electron chi connectivity index (χ0n) is 20.8. The average Bonchev–Trinajstić information content (AvgIpc) is 3.36. The molecule has 1 saturated heterocycles. The first-order chi connectivity index (χ1) is 18.0. The van der Waals surface area contributed by atoms with Crippen molar-refractivity contribution in [3.8, 4) is 0 Å². The van der Waals surface area contributed by atoms with Crippen LogP contribution in [-0.2, 0) is 12.7 Å². The van der Waals surface area contributed by atoms with Gasteiger partial charge in [0.15, 0.2) is 0 Å². The number of nitrogens with one attached hydrogen (secondary N) is 1. The number of benzene rings is 2. The lowest BCUT2D eigenvalue weighted by atomic mass is 10.1. The molecule has 2 aromatic carbocycles. The monoisotopic (exact) mass is 549 g/mol. The van der Waals surface area contributed by atoms with Crippen LogP contribution in [0.3, 0.4) is 0 Å². The highest BCUT2D eigenvalue weighted by molar-refractivity contribution is 7.09. The first kappa shape index (κ1) is 27.4. The van der Waals surface area contributed by atoms with Gasteiger partial charge in [-0.05, 0) is 44.2 Å². The van der Waals surface area contributed by atoms with Crippen molar-refractivity contribution >= 4 is 34.6 Å². The van der Waals surface area contributed by atoms with Crippen molar-refractivity contribution < 1.29 is 27.2 Å². The lowest BCUT2D eigenvalue weighted by molar-refractivity contribution is -0.137. The first-order valence-electron chi connectivity index (χ1n) is 12.0. The van der Waals surface area contributed by atoms with Crippen molar-refractivity contribution in [2.24, 2.45) is 0 Å². The summed E-state index contributed by atoms with van der Waals surface area (Å²) >= 11 is 1.24. The summed E-state index contributed by atoms with van der Waals surface area (Å²) in [5, 5.41) is 4.75. The number of piperazine rings is 1. The van der Waals surface area contributed by atoms with Gasteiger partial charge in [0.1, 0.15) is 16.5 Å². The van der Waals surface area contributed by atoms with Crippen LogP contribution in [0.5, 0.6) is 0 Å². The number of halogens is 4. The molecule has 1 aliphatic heterocycles. The molecule has 12 heteroatoms. The quantitative estimate of drug-likeness (QED) is 0.400. The maximum atomic E-state index is 14.0. The average molecular weight is 550 g/mol. The number of anilines is 2. The van der Waals surface area contributed by atoms with E-state index in [-0.39, 0.29) is 29.9 Å². The molecule has 202 valence electrons. The molecule has 3 aromatic rings. The van der Waals surface area contributed by atoms with Crippen LogP contribution in [0, 0.1) is 5.82 Å². The standard InChI is InChI=1S/C26H27F4N5O2S/c1-17(2)35(25(37)32-21-9-4-3-8-20(21)27)15-23-31-22(16-38-23)24(36)34-12-10-33(11-13-34)19-7-5-6-18(14-19)26(28,29)30/h3-9,14,16-17H,10-13,15H2,1-2H3,(H,32,37). The lowest BCUT2D eigenvalue weighted by Crippen LogP contribution is -2.49. The number of para-hydroxylation sites is 1. The Labute approximate surface area is 221 Å². The summed E-state index contributed by atoms with van der Waals surface area (Å²) in [6, 6.07) is 10.3. The summed E-state index contributed by atoms with van der Waals surface area (Å²) in [5.74, 6) is -0.817. The maximum Gasteiger partial charge on any atom is 0.416 e. The van der Waals surface area contributed by atoms with Gasteiger partial charge in [-0.1, -0.05) is 18.2 Å². The van der Waals surface area contributed by atoms with E-state index in [1.165, 1.54) is 40.5 Å². The van der Waals surface area contributed by atoms with Gasteiger partial charge in [-0.2, -0.15) is 13.2 Å². The summed E-state index contributed by atoms with van der Waals surface area (Å²) in [4.78, 5) is 35.2. The van der Waals surface area contributed by atoms with E-state index in [1.807, 2.05) is 18.7 Å². The fourth-order valence-electron chi connectivity index (χ4n) is 4.07. The highest BCUT2D eigenvalue weighted by Crippen LogP contribution is 2.32. The summed E-state index contributed by atoms with van der Waals surface area (Å²) in [6.45, 7) is 5.24. The van der Waals surface area contributed by atoms with E-state index in [4.69, 9.17) is 0 Å². The predicted octanol–water partition coefficient (Wildman–Crippen LogP) is 5.71.